The quantitative estimate of drug-likeness (QED) is 0.506. The number of nitrogens with zero attached hydrogens (tertiary/aromatic N) is 1. The summed E-state index contributed by atoms with van der Waals surface area (Å²) in [5.41, 5.74) is 0. The minimum absolute atomic E-state index is 0.121. The van der Waals surface area contributed by atoms with Crippen LogP contribution < -0.4 is 10.6 Å². The average molecular weight is 243 g/mol. The molecule has 0 aromatic carbocycles. The van der Waals surface area contributed by atoms with Crippen molar-refractivity contribution in [1.82, 2.24) is 15.5 Å². The summed E-state index contributed by atoms with van der Waals surface area (Å²) in [6, 6.07) is 0. The number of carbonyl (C=O) groups excluding carboxylic acids is 1. The SMILES string of the molecule is CC(O)CNCCNC(=O)CCN1CCCC1. The van der Waals surface area contributed by atoms with Gasteiger partial charge in [0.2, 0.25) is 5.91 Å². The second kappa shape index (κ2) is 8.44. The van der Waals surface area contributed by atoms with Crippen LogP contribution in [0.4, 0.5) is 0 Å². The van der Waals surface area contributed by atoms with Crippen molar-refractivity contribution >= 4 is 5.91 Å². The van der Waals surface area contributed by atoms with Crippen molar-refractivity contribution in [3.63, 3.8) is 0 Å². The highest BCUT2D eigenvalue weighted by Gasteiger charge is 2.12. The van der Waals surface area contributed by atoms with Crippen molar-refractivity contribution in [2.45, 2.75) is 32.3 Å². The normalized spacial score (nSPS) is 18.2. The number of hydrogen-bond donors (Lipinski definition) is 3. The molecule has 5 nitrogen and oxygen atoms in total. The predicted octanol–water partition coefficient (Wildman–Crippen LogP) is -0.441. The molecule has 0 aliphatic carbocycles. The van der Waals surface area contributed by atoms with Gasteiger partial charge >= 0.3 is 0 Å². The Morgan fingerprint density at radius 1 is 1.35 bits per heavy atom. The summed E-state index contributed by atoms with van der Waals surface area (Å²) in [5.74, 6) is 0.121. The zero-order valence-electron chi connectivity index (χ0n) is 10.7. The molecule has 0 bridgehead atoms. The van der Waals surface area contributed by atoms with Crippen LogP contribution in [0.2, 0.25) is 0 Å². The van der Waals surface area contributed by atoms with Crippen LogP contribution in [0.1, 0.15) is 26.2 Å². The van der Waals surface area contributed by atoms with E-state index < -0.39 is 0 Å². The summed E-state index contributed by atoms with van der Waals surface area (Å²) in [5, 5.41) is 14.9. The molecule has 5 heteroatoms. The molecule has 100 valence electrons. The van der Waals surface area contributed by atoms with E-state index in [0.717, 1.165) is 19.6 Å². The molecule has 1 aliphatic rings. The average Bonchev–Trinajstić information content (AvgIpc) is 2.78. The fraction of sp³-hybridized carbons (Fsp3) is 0.917. The molecule has 0 spiro atoms. The van der Waals surface area contributed by atoms with Gasteiger partial charge in [0.25, 0.3) is 0 Å². The fourth-order valence-corrected chi connectivity index (χ4v) is 1.96. The molecule has 1 aliphatic heterocycles. The lowest BCUT2D eigenvalue weighted by molar-refractivity contribution is -0.121. The van der Waals surface area contributed by atoms with Gasteiger partial charge in [-0.1, -0.05) is 0 Å². The summed E-state index contributed by atoms with van der Waals surface area (Å²) in [4.78, 5) is 13.8. The van der Waals surface area contributed by atoms with Crippen LogP contribution >= 0.6 is 0 Å². The van der Waals surface area contributed by atoms with Crippen molar-refractivity contribution in [3.8, 4) is 0 Å². The van der Waals surface area contributed by atoms with Gasteiger partial charge in [0, 0.05) is 32.6 Å². The maximum atomic E-state index is 11.5. The Kier molecular flexibility index (Phi) is 7.16. The molecule has 1 saturated heterocycles. The van der Waals surface area contributed by atoms with Crippen LogP contribution in [-0.4, -0.2) is 61.3 Å². The summed E-state index contributed by atoms with van der Waals surface area (Å²) in [6.07, 6.45) is 2.80. The van der Waals surface area contributed by atoms with Crippen molar-refractivity contribution < 1.29 is 9.90 Å². The molecule has 1 amide bonds. The van der Waals surface area contributed by atoms with Crippen molar-refractivity contribution in [3.05, 3.63) is 0 Å². The molecule has 0 saturated carbocycles. The van der Waals surface area contributed by atoms with Crippen LogP contribution in [0.15, 0.2) is 0 Å². The van der Waals surface area contributed by atoms with Crippen molar-refractivity contribution in [1.29, 1.82) is 0 Å². The van der Waals surface area contributed by atoms with E-state index in [1.165, 1.54) is 12.8 Å². The predicted molar refractivity (Wildman–Crippen MR) is 67.9 cm³/mol. The maximum absolute atomic E-state index is 11.5. The molecule has 1 atom stereocenters. The summed E-state index contributed by atoms with van der Waals surface area (Å²) >= 11 is 0. The Bertz CT molecular complexity index is 216. The van der Waals surface area contributed by atoms with Gasteiger partial charge in [-0.25, -0.2) is 0 Å². The van der Waals surface area contributed by atoms with E-state index in [2.05, 4.69) is 15.5 Å². The van der Waals surface area contributed by atoms with Crippen LogP contribution in [0.5, 0.6) is 0 Å². The third-order valence-electron chi connectivity index (χ3n) is 2.92. The molecular weight excluding hydrogens is 218 g/mol. The Morgan fingerprint density at radius 3 is 2.71 bits per heavy atom. The molecule has 1 rings (SSSR count). The van der Waals surface area contributed by atoms with Crippen LogP contribution in [0, 0.1) is 0 Å². The molecule has 3 N–H and O–H groups in total. The molecule has 1 fully saturated rings. The molecule has 17 heavy (non-hydrogen) atoms. The van der Waals surface area contributed by atoms with Crippen LogP contribution in [0.3, 0.4) is 0 Å². The Balaban J connectivity index is 1.90. The fourth-order valence-electron chi connectivity index (χ4n) is 1.96. The van der Waals surface area contributed by atoms with Gasteiger partial charge < -0.3 is 20.6 Å². The number of amides is 1. The second-order valence-electron chi connectivity index (χ2n) is 4.70. The lowest BCUT2D eigenvalue weighted by Crippen LogP contribution is -2.35. The molecule has 0 aromatic rings. The first-order chi connectivity index (χ1) is 8.18. The minimum atomic E-state index is -0.333. The number of rotatable bonds is 8. The Labute approximate surface area is 104 Å². The van der Waals surface area contributed by atoms with E-state index in [4.69, 9.17) is 5.11 Å². The van der Waals surface area contributed by atoms with E-state index >= 15 is 0 Å². The zero-order valence-corrected chi connectivity index (χ0v) is 10.7. The monoisotopic (exact) mass is 243 g/mol. The summed E-state index contributed by atoms with van der Waals surface area (Å²) in [7, 11) is 0. The van der Waals surface area contributed by atoms with Gasteiger partial charge in [0.15, 0.2) is 0 Å². The highest BCUT2D eigenvalue weighted by molar-refractivity contribution is 5.76. The molecule has 1 heterocycles. The lowest BCUT2D eigenvalue weighted by Gasteiger charge is -2.14. The first-order valence-corrected chi connectivity index (χ1v) is 6.56. The summed E-state index contributed by atoms with van der Waals surface area (Å²) < 4.78 is 0. The molecule has 0 radical (unpaired) electrons. The number of aliphatic hydroxyl groups excluding tert-OH is 1. The molecule has 0 aromatic heterocycles. The van der Waals surface area contributed by atoms with Gasteiger partial charge in [0.05, 0.1) is 6.10 Å². The van der Waals surface area contributed by atoms with Crippen molar-refractivity contribution in [2.75, 3.05) is 39.3 Å². The van der Waals surface area contributed by atoms with Gasteiger partial charge in [-0.15, -0.1) is 0 Å². The van der Waals surface area contributed by atoms with E-state index in [1.54, 1.807) is 6.92 Å². The van der Waals surface area contributed by atoms with E-state index in [-0.39, 0.29) is 12.0 Å². The third-order valence-corrected chi connectivity index (χ3v) is 2.92. The molecular formula is C12H25N3O2. The van der Waals surface area contributed by atoms with Crippen molar-refractivity contribution in [2.24, 2.45) is 0 Å². The Morgan fingerprint density at radius 2 is 2.06 bits per heavy atom. The van der Waals surface area contributed by atoms with E-state index in [9.17, 15) is 4.79 Å². The number of nitrogens with one attached hydrogen (secondary N) is 2. The van der Waals surface area contributed by atoms with Gasteiger partial charge in [-0.3, -0.25) is 4.79 Å². The standard InChI is InChI=1S/C12H25N3O2/c1-11(16)10-13-5-6-14-12(17)4-9-15-7-2-3-8-15/h11,13,16H,2-10H2,1H3,(H,14,17). The molecule has 1 unspecified atom stereocenters. The summed E-state index contributed by atoms with van der Waals surface area (Å²) in [6.45, 7) is 6.82. The number of likely N-dealkylation sites (tertiary alicyclic amines) is 1. The first-order valence-electron chi connectivity index (χ1n) is 6.56. The first kappa shape index (κ1) is 14.4. The lowest BCUT2D eigenvalue weighted by atomic mass is 10.3. The van der Waals surface area contributed by atoms with Crippen LogP contribution in [0.25, 0.3) is 0 Å². The van der Waals surface area contributed by atoms with Gasteiger partial charge in [-0.05, 0) is 32.9 Å². The highest BCUT2D eigenvalue weighted by atomic mass is 16.3. The maximum Gasteiger partial charge on any atom is 0.221 e. The topological polar surface area (TPSA) is 64.6 Å². The number of carbonyl (C=O) groups is 1. The third kappa shape index (κ3) is 7.31. The number of aliphatic hydroxyl groups is 1. The van der Waals surface area contributed by atoms with Crippen LogP contribution in [-0.2, 0) is 4.79 Å². The highest BCUT2D eigenvalue weighted by Crippen LogP contribution is 2.06. The van der Waals surface area contributed by atoms with E-state index in [0.29, 0.717) is 26.1 Å². The minimum Gasteiger partial charge on any atom is -0.392 e. The number of hydrogen-bond acceptors (Lipinski definition) is 4. The second-order valence-corrected chi connectivity index (χ2v) is 4.70. The largest absolute Gasteiger partial charge is 0.392 e. The Hall–Kier alpha value is -0.650. The van der Waals surface area contributed by atoms with E-state index in [1.807, 2.05) is 0 Å². The zero-order chi connectivity index (χ0) is 12.5. The van der Waals surface area contributed by atoms with Gasteiger partial charge in [-0.2, -0.15) is 0 Å². The smallest absolute Gasteiger partial charge is 0.221 e. The van der Waals surface area contributed by atoms with Gasteiger partial charge in [0.1, 0.15) is 0 Å².